The van der Waals surface area contributed by atoms with E-state index >= 15 is 0 Å². The molecule has 3 fully saturated rings. The smallest absolute Gasteiger partial charge is 0.411 e. The largest absolute Gasteiger partial charge is 0.445 e. The predicted octanol–water partition coefficient (Wildman–Crippen LogP) is 3.33. The first kappa shape index (κ1) is 21.4. The summed E-state index contributed by atoms with van der Waals surface area (Å²) in [5, 5.41) is 0. The standard InChI is InChI=1S/C24H25BrN6O3/c25-20-19-21(26)27-10-11-29(19)22(28-20)16-6-7-17-24(8-9-24)31(13-18(32)30(17)12-16)23(33)34-14-15-4-2-1-3-5-15/h1-5,10-11,16-17H,6-9,12-14H2,(H2,26,27). The molecular formula is C24H25BrN6O3. The van der Waals surface area contributed by atoms with Crippen LogP contribution in [-0.4, -0.2) is 60.8 Å². The van der Waals surface area contributed by atoms with Crippen LogP contribution in [0.15, 0.2) is 47.3 Å². The number of aromatic nitrogens is 3. The van der Waals surface area contributed by atoms with Crippen molar-refractivity contribution in [3.63, 3.8) is 0 Å². The number of hydrogen-bond donors (Lipinski definition) is 1. The number of carbonyl (C=O) groups excluding carboxylic acids is 2. The number of fused-ring (bicyclic) bond motifs is 3. The van der Waals surface area contributed by atoms with E-state index in [0.29, 0.717) is 17.0 Å². The Morgan fingerprint density at radius 3 is 2.79 bits per heavy atom. The number of nitrogens with two attached hydrogens (primary N) is 1. The molecule has 1 spiro atoms. The molecule has 2 atom stereocenters. The van der Waals surface area contributed by atoms with E-state index in [4.69, 9.17) is 15.5 Å². The summed E-state index contributed by atoms with van der Waals surface area (Å²) in [6.07, 6.45) is 6.59. The minimum absolute atomic E-state index is 0.00989. The first-order valence-electron chi connectivity index (χ1n) is 11.5. The molecule has 2 saturated heterocycles. The van der Waals surface area contributed by atoms with Crippen molar-refractivity contribution in [1.29, 1.82) is 0 Å². The molecule has 34 heavy (non-hydrogen) atoms. The van der Waals surface area contributed by atoms with Crippen LogP contribution in [0.1, 0.15) is 43.0 Å². The van der Waals surface area contributed by atoms with Gasteiger partial charge in [0.05, 0.1) is 11.6 Å². The monoisotopic (exact) mass is 524 g/mol. The molecule has 4 heterocycles. The Kier molecular flexibility index (Phi) is 5.02. The molecule has 2 amide bonds. The van der Waals surface area contributed by atoms with Gasteiger partial charge < -0.3 is 15.4 Å². The zero-order valence-corrected chi connectivity index (χ0v) is 20.1. The highest BCUT2D eigenvalue weighted by atomic mass is 79.9. The second kappa shape index (κ2) is 7.97. The van der Waals surface area contributed by atoms with E-state index in [1.54, 1.807) is 11.1 Å². The maximum atomic E-state index is 13.2. The number of piperidine rings is 1. The maximum Gasteiger partial charge on any atom is 0.411 e. The van der Waals surface area contributed by atoms with E-state index in [2.05, 4.69) is 20.9 Å². The van der Waals surface area contributed by atoms with Gasteiger partial charge in [-0.1, -0.05) is 30.3 Å². The number of rotatable bonds is 3. The molecule has 2 N–H and O–H groups in total. The van der Waals surface area contributed by atoms with Gasteiger partial charge in [0.2, 0.25) is 5.91 Å². The summed E-state index contributed by atoms with van der Waals surface area (Å²) < 4.78 is 8.23. The third kappa shape index (κ3) is 3.34. The number of halogens is 1. The topological polar surface area (TPSA) is 106 Å². The Bertz CT molecular complexity index is 1270. The Labute approximate surface area is 205 Å². The molecule has 9 nitrogen and oxygen atoms in total. The number of nitrogens with zero attached hydrogens (tertiary/aromatic N) is 5. The van der Waals surface area contributed by atoms with E-state index in [1.807, 2.05) is 45.8 Å². The highest BCUT2D eigenvalue weighted by Gasteiger charge is 2.62. The van der Waals surface area contributed by atoms with E-state index in [9.17, 15) is 9.59 Å². The summed E-state index contributed by atoms with van der Waals surface area (Å²) in [7, 11) is 0. The fraction of sp³-hybridized carbons (Fsp3) is 0.417. The molecule has 2 aliphatic heterocycles. The predicted molar refractivity (Wildman–Crippen MR) is 128 cm³/mol. The zero-order chi connectivity index (χ0) is 23.4. The second-order valence-corrected chi connectivity index (χ2v) is 10.1. The number of piperazine rings is 1. The van der Waals surface area contributed by atoms with Gasteiger partial charge >= 0.3 is 6.09 Å². The zero-order valence-electron chi connectivity index (χ0n) is 18.6. The van der Waals surface area contributed by atoms with Crippen LogP contribution in [0.3, 0.4) is 0 Å². The van der Waals surface area contributed by atoms with Gasteiger partial charge in [0, 0.05) is 24.9 Å². The van der Waals surface area contributed by atoms with E-state index < -0.39 is 6.09 Å². The lowest BCUT2D eigenvalue weighted by Crippen LogP contribution is -2.67. The fourth-order valence-corrected chi connectivity index (χ4v) is 6.26. The molecule has 10 heteroatoms. The molecule has 6 rings (SSSR count). The van der Waals surface area contributed by atoms with Crippen LogP contribution in [-0.2, 0) is 16.1 Å². The summed E-state index contributed by atoms with van der Waals surface area (Å²) in [5.74, 6) is 1.33. The Morgan fingerprint density at radius 1 is 1.24 bits per heavy atom. The van der Waals surface area contributed by atoms with E-state index in [0.717, 1.165) is 42.6 Å². The SMILES string of the molecule is Nc1nccn2c(C3CCC4N(C3)C(=O)CN(C(=O)OCc3ccccc3)C43CC3)nc(Br)c12. The maximum absolute atomic E-state index is 13.2. The Hall–Kier alpha value is -3.14. The summed E-state index contributed by atoms with van der Waals surface area (Å²) in [6.45, 7) is 0.836. The normalized spacial score (nSPS) is 23.3. The summed E-state index contributed by atoms with van der Waals surface area (Å²) in [6, 6.07) is 9.61. The number of imidazole rings is 1. The van der Waals surface area contributed by atoms with Gasteiger partial charge in [-0.2, -0.15) is 0 Å². The molecule has 3 aromatic rings. The van der Waals surface area contributed by atoms with Crippen LogP contribution >= 0.6 is 15.9 Å². The summed E-state index contributed by atoms with van der Waals surface area (Å²) >= 11 is 3.51. The molecule has 1 aromatic carbocycles. The van der Waals surface area contributed by atoms with Gasteiger partial charge in [-0.05, 0) is 47.2 Å². The minimum atomic E-state index is -0.400. The molecule has 3 aliphatic rings. The first-order valence-corrected chi connectivity index (χ1v) is 12.3. The highest BCUT2D eigenvalue weighted by Crippen LogP contribution is 2.52. The number of amides is 2. The third-order valence-corrected chi connectivity index (χ3v) is 8.03. The minimum Gasteiger partial charge on any atom is -0.445 e. The second-order valence-electron chi connectivity index (χ2n) is 9.36. The Balaban J connectivity index is 1.21. The van der Waals surface area contributed by atoms with Crippen LogP contribution in [0.5, 0.6) is 0 Å². The molecule has 1 aliphatic carbocycles. The molecule has 1 saturated carbocycles. The average Bonchev–Trinajstić information content (AvgIpc) is 3.57. The lowest BCUT2D eigenvalue weighted by molar-refractivity contribution is -0.146. The first-order chi connectivity index (χ1) is 16.5. The van der Waals surface area contributed by atoms with Crippen LogP contribution in [0.25, 0.3) is 5.52 Å². The van der Waals surface area contributed by atoms with E-state index in [-0.39, 0.29) is 36.6 Å². The van der Waals surface area contributed by atoms with Crippen LogP contribution in [0.2, 0.25) is 0 Å². The van der Waals surface area contributed by atoms with Gasteiger partial charge in [0.15, 0.2) is 5.82 Å². The number of benzene rings is 1. The van der Waals surface area contributed by atoms with Gasteiger partial charge in [-0.3, -0.25) is 14.1 Å². The average molecular weight is 525 g/mol. The van der Waals surface area contributed by atoms with Crippen molar-refractivity contribution in [3.05, 3.63) is 58.7 Å². The number of ether oxygens (including phenoxy) is 1. The van der Waals surface area contributed by atoms with Crippen molar-refractivity contribution in [1.82, 2.24) is 24.2 Å². The van der Waals surface area contributed by atoms with Crippen LogP contribution < -0.4 is 5.73 Å². The number of hydrogen-bond acceptors (Lipinski definition) is 6. The summed E-state index contributed by atoms with van der Waals surface area (Å²) in [5.41, 5.74) is 7.43. The molecule has 2 aromatic heterocycles. The van der Waals surface area contributed by atoms with Gasteiger partial charge in [-0.25, -0.2) is 14.8 Å². The fourth-order valence-electron chi connectivity index (χ4n) is 5.68. The van der Waals surface area contributed by atoms with Crippen molar-refractivity contribution < 1.29 is 14.3 Å². The summed E-state index contributed by atoms with van der Waals surface area (Å²) in [4.78, 5) is 38.8. The van der Waals surface area contributed by atoms with Crippen molar-refractivity contribution >= 4 is 39.3 Å². The van der Waals surface area contributed by atoms with Gasteiger partial charge in [0.1, 0.15) is 29.1 Å². The molecule has 0 bridgehead atoms. The molecule has 0 radical (unpaired) electrons. The van der Waals surface area contributed by atoms with Crippen molar-refractivity contribution in [2.75, 3.05) is 18.8 Å². The quantitative estimate of drug-likeness (QED) is 0.563. The molecular weight excluding hydrogens is 500 g/mol. The van der Waals surface area contributed by atoms with Crippen molar-refractivity contribution in [2.45, 2.75) is 49.8 Å². The van der Waals surface area contributed by atoms with E-state index in [1.165, 1.54) is 0 Å². The number of carbonyl (C=O) groups is 2. The van der Waals surface area contributed by atoms with Crippen LogP contribution in [0, 0.1) is 0 Å². The highest BCUT2D eigenvalue weighted by molar-refractivity contribution is 9.10. The lowest BCUT2D eigenvalue weighted by Gasteiger charge is -2.51. The van der Waals surface area contributed by atoms with Crippen LogP contribution in [0.4, 0.5) is 10.6 Å². The number of nitrogen functional groups attached to an aromatic ring is 1. The number of anilines is 1. The third-order valence-electron chi connectivity index (χ3n) is 7.47. The Morgan fingerprint density at radius 2 is 2.03 bits per heavy atom. The van der Waals surface area contributed by atoms with Gasteiger partial charge in [0.25, 0.3) is 0 Å². The lowest BCUT2D eigenvalue weighted by atomic mass is 9.84. The van der Waals surface area contributed by atoms with Crippen molar-refractivity contribution in [3.8, 4) is 0 Å². The molecule has 176 valence electrons. The molecule has 2 unspecified atom stereocenters. The van der Waals surface area contributed by atoms with Crippen molar-refractivity contribution in [2.24, 2.45) is 0 Å². The van der Waals surface area contributed by atoms with Gasteiger partial charge in [-0.15, -0.1) is 0 Å².